The molecule has 1 aliphatic carbocycles. The van der Waals surface area contributed by atoms with E-state index in [2.05, 4.69) is 12.2 Å². The highest BCUT2D eigenvalue weighted by Crippen LogP contribution is 2.28. The van der Waals surface area contributed by atoms with Crippen molar-refractivity contribution in [2.75, 3.05) is 32.8 Å². The lowest BCUT2D eigenvalue weighted by Crippen LogP contribution is -2.47. The second kappa shape index (κ2) is 7.10. The van der Waals surface area contributed by atoms with E-state index in [0.29, 0.717) is 6.04 Å². The van der Waals surface area contributed by atoms with Gasteiger partial charge in [-0.15, -0.1) is 0 Å². The van der Waals surface area contributed by atoms with Crippen LogP contribution in [-0.2, 0) is 9.53 Å². The Morgan fingerprint density at radius 3 is 2.61 bits per heavy atom. The first-order valence-electron chi connectivity index (χ1n) is 7.39. The summed E-state index contributed by atoms with van der Waals surface area (Å²) in [5, 5.41) is 3.35. The van der Waals surface area contributed by atoms with E-state index in [9.17, 15) is 4.79 Å². The third-order valence-electron chi connectivity index (χ3n) is 3.81. The molecule has 104 valence electrons. The maximum atomic E-state index is 12.2. The molecule has 0 spiro atoms. The van der Waals surface area contributed by atoms with Crippen LogP contribution in [0.2, 0.25) is 0 Å². The molecule has 0 unspecified atom stereocenters. The highest BCUT2D eigenvalue weighted by Gasteiger charge is 2.26. The van der Waals surface area contributed by atoms with E-state index in [1.165, 1.54) is 12.8 Å². The summed E-state index contributed by atoms with van der Waals surface area (Å²) in [7, 11) is 0. The smallest absolute Gasteiger partial charge is 0.248 e. The van der Waals surface area contributed by atoms with Gasteiger partial charge in [-0.1, -0.05) is 6.92 Å². The molecule has 0 radical (unpaired) electrons. The molecular weight excluding hydrogens is 228 g/mol. The molecule has 1 aliphatic heterocycles. The second-order valence-corrected chi connectivity index (χ2v) is 5.53. The van der Waals surface area contributed by atoms with Crippen molar-refractivity contribution >= 4 is 5.91 Å². The Morgan fingerprint density at radius 2 is 2.00 bits per heavy atom. The van der Waals surface area contributed by atoms with E-state index >= 15 is 0 Å². The molecular formula is C14H26N2O2. The van der Waals surface area contributed by atoms with Crippen LogP contribution in [0.5, 0.6) is 0 Å². The van der Waals surface area contributed by atoms with Crippen molar-refractivity contribution in [2.45, 2.75) is 45.1 Å². The Hall–Kier alpha value is -0.610. The molecule has 0 atom stereocenters. The molecule has 2 rings (SSSR count). The van der Waals surface area contributed by atoms with Crippen LogP contribution in [0.15, 0.2) is 0 Å². The van der Waals surface area contributed by atoms with Crippen molar-refractivity contribution in [2.24, 2.45) is 5.92 Å². The van der Waals surface area contributed by atoms with Gasteiger partial charge in [0.15, 0.2) is 0 Å². The van der Waals surface area contributed by atoms with Crippen LogP contribution in [0, 0.1) is 5.92 Å². The minimum absolute atomic E-state index is 0.185. The summed E-state index contributed by atoms with van der Waals surface area (Å²) in [6.07, 6.45) is 5.74. The van der Waals surface area contributed by atoms with E-state index in [0.717, 1.165) is 51.4 Å². The number of hydrogen-bond donors (Lipinski definition) is 1. The summed E-state index contributed by atoms with van der Waals surface area (Å²) in [5.41, 5.74) is 0. The first kappa shape index (κ1) is 13.8. The first-order valence-corrected chi connectivity index (χ1v) is 7.39. The third kappa shape index (κ3) is 4.25. The Kier molecular flexibility index (Phi) is 5.45. The van der Waals surface area contributed by atoms with Crippen LogP contribution >= 0.6 is 0 Å². The van der Waals surface area contributed by atoms with Crippen LogP contribution in [0.3, 0.4) is 0 Å². The fraction of sp³-hybridized carbons (Fsp3) is 0.929. The van der Waals surface area contributed by atoms with E-state index in [-0.39, 0.29) is 12.5 Å². The van der Waals surface area contributed by atoms with Gasteiger partial charge in [-0.05, 0) is 51.1 Å². The number of hydrogen-bond acceptors (Lipinski definition) is 3. The monoisotopic (exact) mass is 254 g/mol. The average Bonchev–Trinajstić information content (AvgIpc) is 3.21. The second-order valence-electron chi connectivity index (χ2n) is 5.53. The van der Waals surface area contributed by atoms with Gasteiger partial charge in [0, 0.05) is 12.6 Å². The molecule has 2 fully saturated rings. The maximum Gasteiger partial charge on any atom is 0.248 e. The molecule has 0 aromatic heterocycles. The van der Waals surface area contributed by atoms with Crippen LogP contribution < -0.4 is 5.32 Å². The molecule has 1 saturated heterocycles. The van der Waals surface area contributed by atoms with Gasteiger partial charge in [0.05, 0.1) is 6.61 Å². The van der Waals surface area contributed by atoms with Gasteiger partial charge in [0.25, 0.3) is 0 Å². The fourth-order valence-corrected chi connectivity index (χ4v) is 2.55. The van der Waals surface area contributed by atoms with Crippen LogP contribution in [-0.4, -0.2) is 49.7 Å². The molecule has 1 saturated carbocycles. The lowest BCUT2D eigenvalue weighted by atomic mass is 10.0. The van der Waals surface area contributed by atoms with E-state index in [4.69, 9.17) is 4.74 Å². The van der Waals surface area contributed by atoms with Gasteiger partial charge in [-0.25, -0.2) is 0 Å². The minimum atomic E-state index is 0.185. The number of nitrogens with one attached hydrogen (secondary N) is 1. The Balaban J connectivity index is 1.76. The van der Waals surface area contributed by atoms with Crippen molar-refractivity contribution in [3.63, 3.8) is 0 Å². The predicted molar refractivity (Wildman–Crippen MR) is 71.4 cm³/mol. The van der Waals surface area contributed by atoms with Crippen molar-refractivity contribution < 1.29 is 9.53 Å². The molecule has 1 N–H and O–H groups in total. The molecule has 4 nitrogen and oxygen atoms in total. The molecule has 18 heavy (non-hydrogen) atoms. The number of carbonyl (C=O) groups excluding carboxylic acids is 1. The highest BCUT2D eigenvalue weighted by molar-refractivity contribution is 5.77. The van der Waals surface area contributed by atoms with Crippen LogP contribution in [0.25, 0.3) is 0 Å². The zero-order valence-electron chi connectivity index (χ0n) is 11.5. The molecule has 2 aliphatic rings. The predicted octanol–water partition coefficient (Wildman–Crippen LogP) is 1.40. The number of amides is 1. The Morgan fingerprint density at radius 1 is 1.28 bits per heavy atom. The standard InChI is InChI=1S/C14H26N2O2/c1-2-9-16(13-5-7-15-8-6-13)14(17)11-18-10-12-3-4-12/h12-13,15H,2-11H2,1H3. The fourth-order valence-electron chi connectivity index (χ4n) is 2.55. The van der Waals surface area contributed by atoms with Gasteiger partial charge in [0.2, 0.25) is 5.91 Å². The van der Waals surface area contributed by atoms with Gasteiger partial charge < -0.3 is 15.0 Å². The van der Waals surface area contributed by atoms with Gasteiger partial charge >= 0.3 is 0 Å². The number of piperidine rings is 1. The van der Waals surface area contributed by atoms with E-state index in [1.54, 1.807) is 0 Å². The van der Waals surface area contributed by atoms with Gasteiger partial charge in [0.1, 0.15) is 6.61 Å². The largest absolute Gasteiger partial charge is 0.371 e. The minimum Gasteiger partial charge on any atom is -0.371 e. The summed E-state index contributed by atoms with van der Waals surface area (Å²) in [5.74, 6) is 0.917. The third-order valence-corrected chi connectivity index (χ3v) is 3.81. The van der Waals surface area contributed by atoms with Crippen molar-refractivity contribution in [1.29, 1.82) is 0 Å². The SMILES string of the molecule is CCCN(C(=O)COCC1CC1)C1CCNCC1. The summed E-state index contributed by atoms with van der Waals surface area (Å²) in [6.45, 7) is 6.11. The average molecular weight is 254 g/mol. The molecule has 1 amide bonds. The van der Waals surface area contributed by atoms with Crippen LogP contribution in [0.1, 0.15) is 39.0 Å². The number of nitrogens with zero attached hydrogens (tertiary/aromatic N) is 1. The lowest BCUT2D eigenvalue weighted by Gasteiger charge is -2.34. The molecule has 0 bridgehead atoms. The Labute approximate surface area is 110 Å². The zero-order chi connectivity index (χ0) is 12.8. The first-order chi connectivity index (χ1) is 8.81. The Bertz CT molecular complexity index is 261. The van der Waals surface area contributed by atoms with Gasteiger partial charge in [-0.2, -0.15) is 0 Å². The number of ether oxygens (including phenoxy) is 1. The normalized spacial score (nSPS) is 20.9. The van der Waals surface area contributed by atoms with E-state index < -0.39 is 0 Å². The van der Waals surface area contributed by atoms with Gasteiger partial charge in [-0.3, -0.25) is 4.79 Å². The van der Waals surface area contributed by atoms with Crippen molar-refractivity contribution in [1.82, 2.24) is 10.2 Å². The maximum absolute atomic E-state index is 12.2. The van der Waals surface area contributed by atoms with Crippen molar-refractivity contribution in [3.05, 3.63) is 0 Å². The molecule has 0 aromatic rings. The quantitative estimate of drug-likeness (QED) is 0.747. The number of carbonyl (C=O) groups is 1. The lowest BCUT2D eigenvalue weighted by molar-refractivity contribution is -0.139. The summed E-state index contributed by atoms with van der Waals surface area (Å²) >= 11 is 0. The molecule has 0 aromatic carbocycles. The van der Waals surface area contributed by atoms with E-state index in [1.807, 2.05) is 4.90 Å². The molecule has 4 heteroatoms. The summed E-state index contributed by atoms with van der Waals surface area (Å²) in [6, 6.07) is 0.420. The van der Waals surface area contributed by atoms with Crippen LogP contribution in [0.4, 0.5) is 0 Å². The summed E-state index contributed by atoms with van der Waals surface area (Å²) < 4.78 is 5.53. The topological polar surface area (TPSA) is 41.6 Å². The van der Waals surface area contributed by atoms with Crippen molar-refractivity contribution in [3.8, 4) is 0 Å². The summed E-state index contributed by atoms with van der Waals surface area (Å²) in [4.78, 5) is 14.3. The molecule has 1 heterocycles. The highest BCUT2D eigenvalue weighted by atomic mass is 16.5. The zero-order valence-corrected chi connectivity index (χ0v) is 11.5. The number of rotatable bonds is 7.